The molecule has 0 aliphatic carbocycles. The number of aryl methyl sites for hydroxylation is 1. The van der Waals surface area contributed by atoms with Crippen molar-refractivity contribution in [2.24, 2.45) is 0 Å². The highest BCUT2D eigenvalue weighted by molar-refractivity contribution is 7.23. The van der Waals surface area contributed by atoms with Crippen LogP contribution in [0.2, 0.25) is 0 Å². The molecule has 1 amide bonds. The molecule has 0 saturated heterocycles. The van der Waals surface area contributed by atoms with E-state index in [1.807, 2.05) is 31.2 Å². The number of fused-ring (bicyclic) bond motifs is 2. The third-order valence-corrected chi connectivity index (χ3v) is 6.64. The molecule has 6 nitrogen and oxygen atoms in total. The summed E-state index contributed by atoms with van der Waals surface area (Å²) in [6.45, 7) is 7.86. The Morgan fingerprint density at radius 2 is 1.93 bits per heavy atom. The number of carbonyl (C=O) groups excluding carboxylic acids is 1. The Morgan fingerprint density at radius 3 is 2.67 bits per heavy atom. The number of amides is 1. The number of para-hydroxylation sites is 1. The van der Waals surface area contributed by atoms with Crippen molar-refractivity contribution in [3.63, 3.8) is 0 Å². The maximum Gasteiger partial charge on any atom is 0.267 e. The second-order valence-electron chi connectivity index (χ2n) is 6.05. The van der Waals surface area contributed by atoms with Crippen LogP contribution in [0.3, 0.4) is 0 Å². The molecule has 3 aromatic heterocycles. The van der Waals surface area contributed by atoms with Gasteiger partial charge in [-0.2, -0.15) is 0 Å². The highest BCUT2D eigenvalue weighted by Crippen LogP contribution is 2.35. The number of nitrogens with one attached hydrogen (secondary N) is 1. The van der Waals surface area contributed by atoms with Crippen LogP contribution in [0.15, 0.2) is 30.6 Å². The second kappa shape index (κ2) is 7.21. The van der Waals surface area contributed by atoms with E-state index in [1.165, 1.54) is 22.7 Å². The van der Waals surface area contributed by atoms with Crippen molar-refractivity contribution in [3.05, 3.63) is 41.0 Å². The van der Waals surface area contributed by atoms with Gasteiger partial charge in [-0.15, -0.1) is 11.3 Å². The summed E-state index contributed by atoms with van der Waals surface area (Å²) in [6.07, 6.45) is 1.57. The summed E-state index contributed by atoms with van der Waals surface area (Å²) in [5.41, 5.74) is 1.80. The van der Waals surface area contributed by atoms with Crippen LogP contribution in [0.4, 0.5) is 10.9 Å². The van der Waals surface area contributed by atoms with E-state index in [2.05, 4.69) is 39.0 Å². The van der Waals surface area contributed by atoms with Gasteiger partial charge in [0, 0.05) is 13.1 Å². The van der Waals surface area contributed by atoms with E-state index in [4.69, 9.17) is 0 Å². The molecule has 0 spiro atoms. The fourth-order valence-corrected chi connectivity index (χ4v) is 5.01. The van der Waals surface area contributed by atoms with Crippen LogP contribution in [0.25, 0.3) is 20.4 Å². The average molecular weight is 398 g/mol. The van der Waals surface area contributed by atoms with Gasteiger partial charge in [-0.05, 0) is 38.5 Å². The molecule has 0 atom stereocenters. The van der Waals surface area contributed by atoms with Crippen molar-refractivity contribution < 1.29 is 4.79 Å². The third-order valence-electron chi connectivity index (χ3n) is 4.49. The number of thiazole rings is 1. The Hall–Kier alpha value is -2.58. The fourth-order valence-electron chi connectivity index (χ4n) is 3.11. The van der Waals surface area contributed by atoms with Crippen molar-refractivity contribution in [2.45, 2.75) is 20.8 Å². The lowest BCUT2D eigenvalue weighted by atomic mass is 10.2. The minimum atomic E-state index is -0.153. The van der Waals surface area contributed by atoms with Crippen LogP contribution >= 0.6 is 22.7 Å². The first kappa shape index (κ1) is 17.8. The molecular formula is C19H19N5OS2. The van der Waals surface area contributed by atoms with Gasteiger partial charge in [0.25, 0.3) is 5.91 Å². The van der Waals surface area contributed by atoms with Crippen LogP contribution in [0, 0.1) is 6.92 Å². The normalized spacial score (nSPS) is 11.2. The van der Waals surface area contributed by atoms with Crippen molar-refractivity contribution in [1.29, 1.82) is 0 Å². The zero-order chi connectivity index (χ0) is 19.0. The molecule has 0 aliphatic heterocycles. The van der Waals surface area contributed by atoms with Crippen molar-refractivity contribution in [2.75, 3.05) is 23.3 Å². The van der Waals surface area contributed by atoms with Crippen LogP contribution in [0.1, 0.15) is 29.1 Å². The average Bonchev–Trinajstić information content (AvgIpc) is 3.23. The fraction of sp³-hybridized carbons (Fsp3) is 0.263. The van der Waals surface area contributed by atoms with Gasteiger partial charge in [-0.25, -0.2) is 15.0 Å². The Morgan fingerprint density at radius 1 is 1.15 bits per heavy atom. The Labute approximate surface area is 164 Å². The number of anilines is 2. The maximum absolute atomic E-state index is 12.9. The molecule has 0 fully saturated rings. The molecule has 4 aromatic rings. The molecule has 1 aromatic carbocycles. The molecule has 0 bridgehead atoms. The van der Waals surface area contributed by atoms with Gasteiger partial charge < -0.3 is 4.90 Å². The number of benzene rings is 1. The summed E-state index contributed by atoms with van der Waals surface area (Å²) in [7, 11) is 0. The summed E-state index contributed by atoms with van der Waals surface area (Å²) in [5, 5.41) is 4.51. The third kappa shape index (κ3) is 3.15. The highest BCUT2D eigenvalue weighted by atomic mass is 32.1. The predicted molar refractivity (Wildman–Crippen MR) is 113 cm³/mol. The van der Waals surface area contributed by atoms with Crippen LogP contribution in [0.5, 0.6) is 0 Å². The largest absolute Gasteiger partial charge is 0.357 e. The van der Waals surface area contributed by atoms with Gasteiger partial charge in [-0.1, -0.05) is 23.5 Å². The van der Waals surface area contributed by atoms with E-state index >= 15 is 0 Å². The summed E-state index contributed by atoms with van der Waals surface area (Å²) >= 11 is 2.87. The molecular weight excluding hydrogens is 378 g/mol. The van der Waals surface area contributed by atoms with Crippen LogP contribution < -0.4 is 10.2 Å². The van der Waals surface area contributed by atoms with E-state index in [9.17, 15) is 4.79 Å². The first-order valence-electron chi connectivity index (χ1n) is 8.78. The van der Waals surface area contributed by atoms with Crippen LogP contribution in [-0.2, 0) is 0 Å². The zero-order valence-corrected chi connectivity index (χ0v) is 16.9. The van der Waals surface area contributed by atoms with E-state index < -0.39 is 0 Å². The molecule has 8 heteroatoms. The minimum absolute atomic E-state index is 0.153. The minimum Gasteiger partial charge on any atom is -0.357 e. The molecule has 0 saturated carbocycles. The number of rotatable bonds is 5. The number of thiophene rings is 1. The van der Waals surface area contributed by atoms with Gasteiger partial charge >= 0.3 is 0 Å². The molecule has 0 radical (unpaired) electrons. The topological polar surface area (TPSA) is 71.0 Å². The van der Waals surface area contributed by atoms with Gasteiger partial charge in [-0.3, -0.25) is 10.1 Å². The summed E-state index contributed by atoms with van der Waals surface area (Å²) in [6, 6.07) is 7.85. The lowest BCUT2D eigenvalue weighted by Crippen LogP contribution is -2.23. The monoisotopic (exact) mass is 397 g/mol. The van der Waals surface area contributed by atoms with E-state index in [0.717, 1.165) is 44.9 Å². The molecule has 3 heterocycles. The van der Waals surface area contributed by atoms with E-state index in [-0.39, 0.29) is 5.91 Å². The SMILES string of the molecule is CCN(CC)c1ncnc2sc(C(=O)Nc3nc4ccccc4s3)c(C)c12. The molecule has 0 unspecified atom stereocenters. The first-order valence-corrected chi connectivity index (χ1v) is 10.4. The summed E-state index contributed by atoms with van der Waals surface area (Å²) in [4.78, 5) is 29.9. The lowest BCUT2D eigenvalue weighted by molar-refractivity contribution is 0.103. The zero-order valence-electron chi connectivity index (χ0n) is 15.3. The molecule has 0 aliphatic rings. The number of aromatic nitrogens is 3. The van der Waals surface area contributed by atoms with Gasteiger partial charge in [0.1, 0.15) is 17.0 Å². The van der Waals surface area contributed by atoms with Crippen LogP contribution in [-0.4, -0.2) is 33.9 Å². The van der Waals surface area contributed by atoms with Crippen molar-refractivity contribution in [3.8, 4) is 0 Å². The first-order chi connectivity index (χ1) is 13.1. The summed E-state index contributed by atoms with van der Waals surface area (Å²) < 4.78 is 1.05. The van der Waals surface area contributed by atoms with E-state index in [1.54, 1.807) is 6.33 Å². The molecule has 1 N–H and O–H groups in total. The van der Waals surface area contributed by atoms with E-state index in [0.29, 0.717) is 10.0 Å². The number of hydrogen-bond acceptors (Lipinski definition) is 7. The maximum atomic E-state index is 12.9. The molecule has 27 heavy (non-hydrogen) atoms. The van der Waals surface area contributed by atoms with Crippen molar-refractivity contribution in [1.82, 2.24) is 15.0 Å². The quantitative estimate of drug-likeness (QED) is 0.528. The second-order valence-corrected chi connectivity index (χ2v) is 8.08. The number of carbonyl (C=O) groups is 1. The van der Waals surface area contributed by atoms with Gasteiger partial charge in [0.15, 0.2) is 5.13 Å². The highest BCUT2D eigenvalue weighted by Gasteiger charge is 2.21. The predicted octanol–water partition coefficient (Wildman–Crippen LogP) is 4.71. The molecule has 138 valence electrons. The smallest absolute Gasteiger partial charge is 0.267 e. The summed E-state index contributed by atoms with van der Waals surface area (Å²) in [5.74, 6) is 0.734. The lowest BCUT2D eigenvalue weighted by Gasteiger charge is -2.20. The Balaban J connectivity index is 1.71. The standard InChI is InChI=1S/C19H19N5OS2/c1-4-24(5-2)16-14-11(3)15(27-18(14)21-10-20-16)17(25)23-19-22-12-8-6-7-9-13(12)26-19/h6-10H,4-5H2,1-3H3,(H,22,23,25). The van der Waals surface area contributed by atoms with Gasteiger partial charge in [0.2, 0.25) is 0 Å². The number of nitrogens with zero attached hydrogens (tertiary/aromatic N) is 4. The van der Waals surface area contributed by atoms with Gasteiger partial charge in [0.05, 0.1) is 20.5 Å². The Bertz CT molecular complexity index is 1100. The van der Waals surface area contributed by atoms with Crippen molar-refractivity contribution >= 4 is 60.0 Å². The Kier molecular flexibility index (Phi) is 4.75. The molecule has 4 rings (SSSR count). The number of hydrogen-bond donors (Lipinski definition) is 1.